The molecule has 2 heterocycles. The number of hydrogen-bond donors (Lipinski definition) is 5. The van der Waals surface area contributed by atoms with E-state index in [4.69, 9.17) is 14.8 Å². The van der Waals surface area contributed by atoms with E-state index in [0.717, 1.165) is 0 Å². The van der Waals surface area contributed by atoms with Gasteiger partial charge >= 0.3 is 12.1 Å². The number of nitrogens with one attached hydrogen (secondary N) is 4. The van der Waals surface area contributed by atoms with Gasteiger partial charge in [0, 0.05) is 52.2 Å². The number of benzene rings is 2. The Kier molecular flexibility index (Phi) is 9.52. The number of nitrogens with two attached hydrogens (primary N) is 1. The van der Waals surface area contributed by atoms with Crippen LogP contribution >= 0.6 is 0 Å². The third-order valence-electron chi connectivity index (χ3n) is 5.49. The Morgan fingerprint density at radius 1 is 0.714 bits per heavy atom. The molecule has 42 heavy (non-hydrogen) atoms. The minimum absolute atomic E-state index is 0.0442. The molecule has 0 aliphatic heterocycles. The van der Waals surface area contributed by atoms with E-state index in [1.807, 2.05) is 41.5 Å². The van der Waals surface area contributed by atoms with Crippen LogP contribution in [-0.4, -0.2) is 27.3 Å². The number of nitrogen functional groups attached to an aromatic ring is 1. The second-order valence-corrected chi connectivity index (χ2v) is 11.2. The Balaban J connectivity index is 0.000000231. The first kappa shape index (κ1) is 31.1. The van der Waals surface area contributed by atoms with Gasteiger partial charge in [-0.15, -0.1) is 0 Å². The zero-order chi connectivity index (χ0) is 31.1. The van der Waals surface area contributed by atoms with Crippen LogP contribution in [0.4, 0.5) is 44.0 Å². The highest BCUT2D eigenvalue weighted by Crippen LogP contribution is 2.25. The van der Waals surface area contributed by atoms with E-state index in [2.05, 4.69) is 31.6 Å². The summed E-state index contributed by atoms with van der Waals surface area (Å²) in [7, 11) is 0. The highest BCUT2D eigenvalue weighted by Gasteiger charge is 2.21. The summed E-state index contributed by atoms with van der Waals surface area (Å²) in [6, 6.07) is 14.8. The molecule has 0 radical (unpaired) electrons. The number of nitro benzene ring substituents is 1. The number of nitrogens with zero attached hydrogens (tertiary/aromatic N) is 3. The molecule has 0 unspecified atom stereocenters. The Hall–Kier alpha value is -5.40. The highest BCUT2D eigenvalue weighted by atomic mass is 16.6. The molecule has 14 nitrogen and oxygen atoms in total. The predicted molar refractivity (Wildman–Crippen MR) is 160 cm³/mol. The summed E-state index contributed by atoms with van der Waals surface area (Å²) in [5.41, 5.74) is 6.89. The average Bonchev–Trinajstić information content (AvgIpc) is 3.56. The quantitative estimate of drug-likeness (QED) is 0.0966. The average molecular weight is 579 g/mol. The summed E-state index contributed by atoms with van der Waals surface area (Å²) in [6.45, 7) is 11.9. The fourth-order valence-electron chi connectivity index (χ4n) is 3.17. The van der Waals surface area contributed by atoms with Crippen LogP contribution in [0.5, 0.6) is 0 Å². The maximum atomic E-state index is 11.8. The molecule has 222 valence electrons. The third-order valence-corrected chi connectivity index (χ3v) is 5.49. The Labute approximate surface area is 242 Å². The molecule has 0 atom stereocenters. The molecule has 0 aliphatic rings. The lowest BCUT2D eigenvalue weighted by molar-refractivity contribution is -0.384. The summed E-state index contributed by atoms with van der Waals surface area (Å²) in [5, 5.41) is 28.5. The fraction of sp³-hybridized carbons (Fsp3) is 0.286. The molecular weight excluding hydrogens is 544 g/mol. The molecule has 4 rings (SSSR count). The molecule has 2 aromatic carbocycles. The van der Waals surface area contributed by atoms with Crippen molar-refractivity contribution in [3.8, 4) is 0 Å². The Morgan fingerprint density at radius 2 is 1.10 bits per heavy atom. The predicted octanol–water partition coefficient (Wildman–Crippen LogP) is 6.72. The summed E-state index contributed by atoms with van der Waals surface area (Å²) in [6.07, 6.45) is 0. The molecule has 0 saturated heterocycles. The topological polar surface area (TPSA) is 203 Å². The third kappa shape index (κ3) is 9.36. The number of hydrogen-bond acceptors (Lipinski definition) is 9. The van der Waals surface area contributed by atoms with E-state index < -0.39 is 11.0 Å². The van der Waals surface area contributed by atoms with Crippen LogP contribution in [-0.2, 0) is 10.8 Å². The molecule has 0 fully saturated rings. The fourth-order valence-corrected chi connectivity index (χ4v) is 3.17. The number of amides is 4. The van der Waals surface area contributed by atoms with Crippen molar-refractivity contribution in [3.05, 3.63) is 82.3 Å². The van der Waals surface area contributed by atoms with Crippen LogP contribution in [0.2, 0.25) is 0 Å². The molecular formula is C28H34N8O6. The van der Waals surface area contributed by atoms with Gasteiger partial charge in [0.2, 0.25) is 0 Å². The van der Waals surface area contributed by atoms with Crippen molar-refractivity contribution in [2.75, 3.05) is 27.0 Å². The zero-order valence-electron chi connectivity index (χ0n) is 24.1. The van der Waals surface area contributed by atoms with Crippen molar-refractivity contribution < 1.29 is 23.6 Å². The standard InChI is InChI=1S/C14H16N4O4.C14H18N4O2/c1-14(2,3)11-8-12(17-22-11)16-13(19)15-9-4-6-10(7-5-9)18(20)21;1-14(2,3)11-8-12(18-20-11)17-13(19)16-10-6-4-9(15)5-7-10/h4-8H,1-3H3,(H2,15,16,17,19);4-8H,15H2,1-3H3,(H2,16,17,18,19). The van der Waals surface area contributed by atoms with E-state index in [1.165, 1.54) is 24.3 Å². The number of urea groups is 2. The minimum Gasteiger partial charge on any atom is -0.399 e. The monoisotopic (exact) mass is 578 g/mol. The summed E-state index contributed by atoms with van der Waals surface area (Å²) < 4.78 is 10.3. The molecule has 4 aromatic rings. The second-order valence-electron chi connectivity index (χ2n) is 11.2. The van der Waals surface area contributed by atoms with Gasteiger partial charge in [0.25, 0.3) is 5.69 Å². The van der Waals surface area contributed by atoms with E-state index in [1.54, 1.807) is 36.4 Å². The van der Waals surface area contributed by atoms with Crippen LogP contribution in [0.25, 0.3) is 0 Å². The molecule has 0 saturated carbocycles. The number of rotatable bonds is 5. The number of aromatic nitrogens is 2. The zero-order valence-corrected chi connectivity index (χ0v) is 24.1. The van der Waals surface area contributed by atoms with Gasteiger partial charge in [0.1, 0.15) is 11.5 Å². The van der Waals surface area contributed by atoms with Crippen molar-refractivity contribution in [2.24, 2.45) is 0 Å². The van der Waals surface area contributed by atoms with Crippen LogP contribution in [0.15, 0.2) is 69.7 Å². The van der Waals surface area contributed by atoms with Crippen molar-refractivity contribution in [1.29, 1.82) is 0 Å². The van der Waals surface area contributed by atoms with E-state index in [0.29, 0.717) is 40.2 Å². The normalized spacial score (nSPS) is 11.1. The van der Waals surface area contributed by atoms with Crippen LogP contribution in [0.3, 0.4) is 0 Å². The smallest absolute Gasteiger partial charge is 0.324 e. The lowest BCUT2D eigenvalue weighted by Crippen LogP contribution is -2.19. The number of non-ortho nitro benzene ring substituents is 1. The summed E-state index contributed by atoms with van der Waals surface area (Å²) in [5.74, 6) is 2.03. The number of nitro groups is 1. The lowest BCUT2D eigenvalue weighted by atomic mass is 9.93. The maximum absolute atomic E-state index is 11.8. The number of carbonyl (C=O) groups excluding carboxylic acids is 2. The van der Waals surface area contributed by atoms with Gasteiger partial charge in [-0.3, -0.25) is 20.7 Å². The molecule has 0 spiro atoms. The molecule has 0 bridgehead atoms. The van der Waals surface area contributed by atoms with Crippen molar-refractivity contribution in [1.82, 2.24) is 10.3 Å². The van der Waals surface area contributed by atoms with Gasteiger partial charge in [-0.05, 0) is 36.4 Å². The Bertz CT molecular complexity index is 1510. The molecule has 0 aliphatic carbocycles. The maximum Gasteiger partial charge on any atom is 0.324 e. The first-order chi connectivity index (χ1) is 19.6. The van der Waals surface area contributed by atoms with E-state index >= 15 is 0 Å². The largest absolute Gasteiger partial charge is 0.399 e. The first-order valence-electron chi connectivity index (χ1n) is 12.8. The number of carbonyl (C=O) groups is 2. The van der Waals surface area contributed by atoms with Gasteiger partial charge in [0.05, 0.1) is 4.92 Å². The summed E-state index contributed by atoms with van der Waals surface area (Å²) >= 11 is 0. The van der Waals surface area contributed by atoms with Crippen molar-refractivity contribution >= 4 is 46.4 Å². The summed E-state index contributed by atoms with van der Waals surface area (Å²) in [4.78, 5) is 33.7. The van der Waals surface area contributed by atoms with Crippen LogP contribution < -0.4 is 27.0 Å². The number of anilines is 5. The van der Waals surface area contributed by atoms with Gasteiger partial charge in [-0.2, -0.15) is 0 Å². The second kappa shape index (κ2) is 12.8. The van der Waals surface area contributed by atoms with Crippen molar-refractivity contribution in [3.63, 3.8) is 0 Å². The SMILES string of the molecule is CC(C)(C)c1cc(NC(=O)Nc2ccc(N)cc2)no1.CC(C)(C)c1cc(NC(=O)Nc2ccc([N+](=O)[O-])cc2)no1. The highest BCUT2D eigenvalue weighted by molar-refractivity contribution is 5.99. The van der Waals surface area contributed by atoms with Gasteiger partial charge in [-0.25, -0.2) is 9.59 Å². The van der Waals surface area contributed by atoms with Crippen LogP contribution in [0.1, 0.15) is 53.1 Å². The molecule has 2 aromatic heterocycles. The van der Waals surface area contributed by atoms with Crippen LogP contribution in [0, 0.1) is 10.1 Å². The first-order valence-corrected chi connectivity index (χ1v) is 12.8. The molecule has 4 amide bonds. The van der Waals surface area contributed by atoms with Crippen molar-refractivity contribution in [2.45, 2.75) is 52.4 Å². The van der Waals surface area contributed by atoms with Gasteiger partial charge in [0.15, 0.2) is 11.6 Å². The lowest BCUT2D eigenvalue weighted by Gasteiger charge is -2.12. The van der Waals surface area contributed by atoms with Gasteiger partial charge in [-0.1, -0.05) is 51.9 Å². The Morgan fingerprint density at radius 3 is 1.43 bits per heavy atom. The minimum atomic E-state index is -0.511. The van der Waals surface area contributed by atoms with Gasteiger partial charge < -0.3 is 25.4 Å². The molecule has 6 N–H and O–H groups in total. The molecule has 14 heteroatoms. The van der Waals surface area contributed by atoms with E-state index in [9.17, 15) is 19.7 Å². The van der Waals surface area contributed by atoms with E-state index in [-0.39, 0.29) is 22.5 Å².